The highest BCUT2D eigenvalue weighted by Crippen LogP contribution is 2.27. The summed E-state index contributed by atoms with van der Waals surface area (Å²) in [5.74, 6) is 5.26. The van der Waals surface area contributed by atoms with Gasteiger partial charge in [-0.2, -0.15) is 0 Å². The van der Waals surface area contributed by atoms with E-state index < -0.39 is 6.04 Å². The van der Waals surface area contributed by atoms with Gasteiger partial charge in [0.1, 0.15) is 5.82 Å². The molecule has 1 heterocycles. The fraction of sp³-hybridized carbons (Fsp3) is 0.154. The van der Waals surface area contributed by atoms with Crippen molar-refractivity contribution in [2.75, 3.05) is 0 Å². The molecule has 2 aromatic rings. The van der Waals surface area contributed by atoms with Crippen LogP contribution in [0.3, 0.4) is 0 Å². The van der Waals surface area contributed by atoms with Crippen LogP contribution in [0.2, 0.25) is 0 Å². The second-order valence-corrected chi connectivity index (χ2v) is 4.91. The molecule has 1 aromatic carbocycles. The molecular weight excluding hydrogens is 297 g/mol. The molecule has 0 saturated heterocycles. The molecule has 0 aliphatic carbocycles. The molecule has 94 valence electrons. The predicted molar refractivity (Wildman–Crippen MR) is 72.2 cm³/mol. The van der Waals surface area contributed by atoms with Crippen LogP contribution in [0.5, 0.6) is 0 Å². The van der Waals surface area contributed by atoms with Crippen LogP contribution < -0.4 is 11.3 Å². The average molecular weight is 310 g/mol. The van der Waals surface area contributed by atoms with E-state index in [1.165, 1.54) is 6.07 Å². The molecule has 0 aliphatic heterocycles. The minimum Gasteiger partial charge on any atom is -0.271 e. The largest absolute Gasteiger partial charge is 0.271 e. The van der Waals surface area contributed by atoms with E-state index in [2.05, 4.69) is 26.3 Å². The topological polar surface area (TPSA) is 50.9 Å². The summed E-state index contributed by atoms with van der Waals surface area (Å²) in [4.78, 5) is 4.06. The molecule has 3 N–H and O–H groups in total. The van der Waals surface area contributed by atoms with E-state index in [0.29, 0.717) is 5.56 Å². The Morgan fingerprint density at radius 3 is 2.78 bits per heavy atom. The van der Waals surface area contributed by atoms with Crippen molar-refractivity contribution in [1.82, 2.24) is 10.4 Å². The number of rotatable bonds is 3. The van der Waals surface area contributed by atoms with Gasteiger partial charge in [-0.05, 0) is 42.3 Å². The number of aromatic nitrogens is 1. The number of nitrogens with one attached hydrogen (secondary N) is 1. The Bertz CT molecular complexity index is 560. The molecule has 0 radical (unpaired) electrons. The first-order chi connectivity index (χ1) is 8.63. The van der Waals surface area contributed by atoms with Crippen molar-refractivity contribution in [1.29, 1.82) is 0 Å². The Kier molecular flexibility index (Phi) is 4.06. The molecule has 0 saturated carbocycles. The summed E-state index contributed by atoms with van der Waals surface area (Å²) >= 11 is 3.33. The Hall–Kier alpha value is -1.30. The lowest BCUT2D eigenvalue weighted by Crippen LogP contribution is -2.30. The smallest absolute Gasteiger partial charge is 0.128 e. The zero-order chi connectivity index (χ0) is 13.1. The molecule has 18 heavy (non-hydrogen) atoms. The van der Waals surface area contributed by atoms with Crippen LogP contribution in [0.1, 0.15) is 22.7 Å². The van der Waals surface area contributed by atoms with Crippen LogP contribution in [-0.2, 0) is 0 Å². The van der Waals surface area contributed by atoms with Crippen molar-refractivity contribution in [3.05, 3.63) is 63.6 Å². The van der Waals surface area contributed by atoms with Gasteiger partial charge in [0, 0.05) is 22.4 Å². The van der Waals surface area contributed by atoms with Crippen LogP contribution in [0.25, 0.3) is 0 Å². The number of aryl methyl sites for hydroxylation is 1. The maximum Gasteiger partial charge on any atom is 0.128 e. The van der Waals surface area contributed by atoms with Gasteiger partial charge >= 0.3 is 0 Å². The number of nitrogens with zero attached hydrogens (tertiary/aromatic N) is 1. The van der Waals surface area contributed by atoms with E-state index in [9.17, 15) is 4.39 Å². The van der Waals surface area contributed by atoms with Crippen molar-refractivity contribution in [3.8, 4) is 0 Å². The Morgan fingerprint density at radius 1 is 1.33 bits per heavy atom. The molecule has 3 nitrogen and oxygen atoms in total. The maximum atomic E-state index is 13.9. The van der Waals surface area contributed by atoms with Gasteiger partial charge in [0.05, 0.1) is 6.04 Å². The summed E-state index contributed by atoms with van der Waals surface area (Å²) in [6.07, 6.45) is 3.39. The fourth-order valence-electron chi connectivity index (χ4n) is 1.86. The fourth-order valence-corrected chi connectivity index (χ4v) is 2.24. The summed E-state index contributed by atoms with van der Waals surface area (Å²) in [5, 5.41) is 0. The van der Waals surface area contributed by atoms with Gasteiger partial charge in [-0.25, -0.2) is 9.82 Å². The van der Waals surface area contributed by atoms with E-state index >= 15 is 0 Å². The van der Waals surface area contributed by atoms with Crippen molar-refractivity contribution in [2.24, 2.45) is 5.84 Å². The monoisotopic (exact) mass is 309 g/mol. The number of hydrogen-bond acceptors (Lipinski definition) is 3. The standard InChI is InChI=1S/C13H13BrFN3/c1-8-4-5-17-7-11(8)13(18-16)10-6-9(14)2-3-12(10)15/h2-7,13,18H,16H2,1H3. The summed E-state index contributed by atoms with van der Waals surface area (Å²) in [5.41, 5.74) is 5.00. The quantitative estimate of drug-likeness (QED) is 0.677. The van der Waals surface area contributed by atoms with E-state index in [4.69, 9.17) is 5.84 Å². The summed E-state index contributed by atoms with van der Waals surface area (Å²) in [6.45, 7) is 1.94. The zero-order valence-electron chi connectivity index (χ0n) is 9.82. The Morgan fingerprint density at radius 2 is 2.11 bits per heavy atom. The van der Waals surface area contributed by atoms with E-state index in [-0.39, 0.29) is 5.82 Å². The van der Waals surface area contributed by atoms with Gasteiger partial charge in [0.25, 0.3) is 0 Å². The number of halogens is 2. The molecular formula is C13H13BrFN3. The van der Waals surface area contributed by atoms with Crippen molar-refractivity contribution in [3.63, 3.8) is 0 Å². The molecule has 5 heteroatoms. The van der Waals surface area contributed by atoms with Gasteiger partial charge in [0.2, 0.25) is 0 Å². The molecule has 1 unspecified atom stereocenters. The van der Waals surface area contributed by atoms with Gasteiger partial charge in [-0.3, -0.25) is 10.8 Å². The SMILES string of the molecule is Cc1ccncc1C(NN)c1cc(Br)ccc1F. The first-order valence-corrected chi connectivity index (χ1v) is 6.24. The molecule has 1 atom stereocenters. The third-order valence-corrected chi connectivity index (χ3v) is 3.32. The lowest BCUT2D eigenvalue weighted by atomic mass is 9.97. The molecule has 2 rings (SSSR count). The first-order valence-electron chi connectivity index (χ1n) is 5.45. The van der Waals surface area contributed by atoms with Gasteiger partial charge < -0.3 is 0 Å². The predicted octanol–water partition coefficient (Wildman–Crippen LogP) is 2.84. The van der Waals surface area contributed by atoms with E-state index in [0.717, 1.165) is 15.6 Å². The lowest BCUT2D eigenvalue weighted by Gasteiger charge is -2.19. The molecule has 0 bridgehead atoms. The highest BCUT2D eigenvalue weighted by atomic mass is 79.9. The van der Waals surface area contributed by atoms with E-state index in [1.54, 1.807) is 24.5 Å². The highest BCUT2D eigenvalue weighted by Gasteiger charge is 2.18. The molecule has 0 spiro atoms. The summed E-state index contributed by atoms with van der Waals surface area (Å²) in [7, 11) is 0. The van der Waals surface area contributed by atoms with Crippen LogP contribution >= 0.6 is 15.9 Å². The van der Waals surface area contributed by atoms with Crippen molar-refractivity contribution >= 4 is 15.9 Å². The van der Waals surface area contributed by atoms with Crippen molar-refractivity contribution in [2.45, 2.75) is 13.0 Å². The lowest BCUT2D eigenvalue weighted by molar-refractivity contribution is 0.557. The third kappa shape index (κ3) is 2.58. The number of hydrogen-bond donors (Lipinski definition) is 2. The number of benzene rings is 1. The average Bonchev–Trinajstić information content (AvgIpc) is 2.36. The minimum atomic E-state index is -0.420. The molecule has 0 amide bonds. The van der Waals surface area contributed by atoms with Crippen LogP contribution in [0.15, 0.2) is 41.1 Å². The zero-order valence-corrected chi connectivity index (χ0v) is 11.4. The molecule has 1 aromatic heterocycles. The van der Waals surface area contributed by atoms with Gasteiger partial charge in [-0.15, -0.1) is 0 Å². The second kappa shape index (κ2) is 5.56. The third-order valence-electron chi connectivity index (χ3n) is 2.83. The van der Waals surface area contributed by atoms with E-state index in [1.807, 2.05) is 13.0 Å². The first kappa shape index (κ1) is 13.1. The van der Waals surface area contributed by atoms with Crippen LogP contribution in [0, 0.1) is 12.7 Å². The summed E-state index contributed by atoms with van der Waals surface area (Å²) < 4.78 is 14.7. The summed E-state index contributed by atoms with van der Waals surface area (Å²) in [6, 6.07) is 6.23. The number of nitrogens with two attached hydrogens (primary N) is 1. The normalized spacial score (nSPS) is 12.4. The number of hydrazine groups is 1. The Labute approximate surface area is 113 Å². The second-order valence-electron chi connectivity index (χ2n) is 4.00. The number of pyridine rings is 1. The van der Waals surface area contributed by atoms with Crippen molar-refractivity contribution < 1.29 is 4.39 Å². The van der Waals surface area contributed by atoms with Gasteiger partial charge in [-0.1, -0.05) is 15.9 Å². The molecule has 0 fully saturated rings. The minimum absolute atomic E-state index is 0.301. The van der Waals surface area contributed by atoms with Crippen LogP contribution in [-0.4, -0.2) is 4.98 Å². The van der Waals surface area contributed by atoms with Gasteiger partial charge in [0.15, 0.2) is 0 Å². The van der Waals surface area contributed by atoms with Crippen LogP contribution in [0.4, 0.5) is 4.39 Å². The maximum absolute atomic E-state index is 13.9. The Balaban J connectivity index is 2.52. The highest BCUT2D eigenvalue weighted by molar-refractivity contribution is 9.10. The molecule has 0 aliphatic rings.